The van der Waals surface area contributed by atoms with E-state index in [9.17, 15) is 4.79 Å². The van der Waals surface area contributed by atoms with E-state index in [1.807, 2.05) is 31.2 Å². The zero-order valence-electron chi connectivity index (χ0n) is 10.9. The molecule has 5 nitrogen and oxygen atoms in total. The maximum absolute atomic E-state index is 11.2. The Morgan fingerprint density at radius 3 is 2.75 bits per heavy atom. The Labute approximate surface area is 115 Å². The van der Waals surface area contributed by atoms with Crippen LogP contribution >= 0.6 is 0 Å². The molecule has 0 saturated carbocycles. The number of rotatable bonds is 3. The van der Waals surface area contributed by atoms with Crippen molar-refractivity contribution >= 4 is 11.6 Å². The van der Waals surface area contributed by atoms with Crippen molar-refractivity contribution in [1.82, 2.24) is 14.6 Å². The third kappa shape index (κ3) is 2.03. The first-order valence-electron chi connectivity index (χ1n) is 6.27. The number of benzene rings is 1. The summed E-state index contributed by atoms with van der Waals surface area (Å²) in [6, 6.07) is 11.3. The Balaban J connectivity index is 2.08. The number of hydrogen-bond donors (Lipinski definition) is 1. The highest BCUT2D eigenvalue weighted by molar-refractivity contribution is 5.94. The molecule has 3 aromatic rings. The zero-order valence-corrected chi connectivity index (χ0v) is 10.9. The quantitative estimate of drug-likeness (QED) is 0.790. The van der Waals surface area contributed by atoms with Gasteiger partial charge in [-0.2, -0.15) is 0 Å². The van der Waals surface area contributed by atoms with Crippen LogP contribution in [0, 0.1) is 6.92 Å². The van der Waals surface area contributed by atoms with Gasteiger partial charge in [0.1, 0.15) is 11.4 Å². The molecular formula is C15H13N3O2. The maximum atomic E-state index is 11.2. The zero-order chi connectivity index (χ0) is 14.1. The van der Waals surface area contributed by atoms with Gasteiger partial charge in [0.05, 0.1) is 0 Å². The molecule has 100 valence electrons. The van der Waals surface area contributed by atoms with E-state index in [4.69, 9.17) is 5.11 Å². The van der Waals surface area contributed by atoms with Crippen molar-refractivity contribution in [1.29, 1.82) is 0 Å². The molecule has 0 amide bonds. The molecule has 0 aliphatic rings. The fourth-order valence-corrected chi connectivity index (χ4v) is 2.23. The molecule has 0 bridgehead atoms. The Kier molecular flexibility index (Phi) is 2.95. The summed E-state index contributed by atoms with van der Waals surface area (Å²) in [6.45, 7) is 2.04. The van der Waals surface area contributed by atoms with E-state index in [-0.39, 0.29) is 5.56 Å². The van der Waals surface area contributed by atoms with Crippen molar-refractivity contribution in [3.8, 4) is 0 Å². The molecule has 5 heteroatoms. The minimum absolute atomic E-state index is 0.163. The van der Waals surface area contributed by atoms with Crippen molar-refractivity contribution < 1.29 is 9.90 Å². The van der Waals surface area contributed by atoms with Gasteiger partial charge in [-0.05, 0) is 30.2 Å². The van der Waals surface area contributed by atoms with Crippen LogP contribution in [0.4, 0.5) is 0 Å². The SMILES string of the molecule is Cc1ccccc1Cc1nnc2c(C(=O)O)cccn12. The standard InChI is InChI=1S/C15H13N3O2/c1-10-5-2-3-6-11(10)9-13-16-17-14-12(15(19)20)7-4-8-18(13)14/h2-8H,9H2,1H3,(H,19,20). The Bertz CT molecular complexity index is 793. The summed E-state index contributed by atoms with van der Waals surface area (Å²) in [7, 11) is 0. The largest absolute Gasteiger partial charge is 0.478 e. The van der Waals surface area contributed by atoms with Gasteiger partial charge in [-0.15, -0.1) is 10.2 Å². The Hall–Kier alpha value is -2.69. The van der Waals surface area contributed by atoms with Gasteiger partial charge < -0.3 is 5.11 Å². The van der Waals surface area contributed by atoms with Crippen LogP contribution < -0.4 is 0 Å². The molecular weight excluding hydrogens is 254 g/mol. The van der Waals surface area contributed by atoms with E-state index < -0.39 is 5.97 Å². The first kappa shape index (κ1) is 12.3. The first-order valence-corrected chi connectivity index (χ1v) is 6.27. The van der Waals surface area contributed by atoms with Crippen molar-refractivity contribution in [3.63, 3.8) is 0 Å². The van der Waals surface area contributed by atoms with Gasteiger partial charge in [0, 0.05) is 12.6 Å². The van der Waals surface area contributed by atoms with Crippen LogP contribution in [0.1, 0.15) is 27.3 Å². The fraction of sp³-hybridized carbons (Fsp3) is 0.133. The first-order chi connectivity index (χ1) is 9.66. The van der Waals surface area contributed by atoms with Crippen molar-refractivity contribution in [3.05, 3.63) is 65.1 Å². The van der Waals surface area contributed by atoms with E-state index in [1.54, 1.807) is 16.7 Å². The van der Waals surface area contributed by atoms with Gasteiger partial charge in [0.2, 0.25) is 0 Å². The average Bonchev–Trinajstić information content (AvgIpc) is 2.84. The molecule has 20 heavy (non-hydrogen) atoms. The summed E-state index contributed by atoms with van der Waals surface area (Å²) in [4.78, 5) is 11.2. The lowest BCUT2D eigenvalue weighted by atomic mass is 10.1. The number of nitrogens with zero attached hydrogens (tertiary/aromatic N) is 3. The second-order valence-corrected chi connectivity index (χ2v) is 4.64. The number of hydrogen-bond acceptors (Lipinski definition) is 3. The molecule has 0 aliphatic carbocycles. The van der Waals surface area contributed by atoms with Crippen LogP contribution in [-0.2, 0) is 6.42 Å². The molecule has 0 saturated heterocycles. The molecule has 0 atom stereocenters. The lowest BCUT2D eigenvalue weighted by molar-refractivity contribution is 0.0698. The Morgan fingerprint density at radius 2 is 2.00 bits per heavy atom. The number of aromatic nitrogens is 3. The third-order valence-corrected chi connectivity index (χ3v) is 3.35. The van der Waals surface area contributed by atoms with Gasteiger partial charge in [-0.3, -0.25) is 4.40 Å². The monoisotopic (exact) mass is 267 g/mol. The molecule has 0 unspecified atom stereocenters. The van der Waals surface area contributed by atoms with E-state index >= 15 is 0 Å². The highest BCUT2D eigenvalue weighted by Gasteiger charge is 2.14. The van der Waals surface area contributed by atoms with Gasteiger partial charge in [-0.25, -0.2) is 4.79 Å². The van der Waals surface area contributed by atoms with Gasteiger partial charge >= 0.3 is 5.97 Å². The van der Waals surface area contributed by atoms with Crippen LogP contribution in [0.2, 0.25) is 0 Å². The lowest BCUT2D eigenvalue weighted by Gasteiger charge is -2.04. The second kappa shape index (κ2) is 4.77. The van der Waals surface area contributed by atoms with E-state index in [1.165, 1.54) is 11.6 Å². The van der Waals surface area contributed by atoms with E-state index in [0.29, 0.717) is 12.1 Å². The fourth-order valence-electron chi connectivity index (χ4n) is 2.23. The van der Waals surface area contributed by atoms with Gasteiger partial charge in [0.15, 0.2) is 5.65 Å². The highest BCUT2D eigenvalue weighted by Crippen LogP contribution is 2.15. The predicted molar refractivity (Wildman–Crippen MR) is 73.9 cm³/mol. The highest BCUT2D eigenvalue weighted by atomic mass is 16.4. The summed E-state index contributed by atoms with van der Waals surface area (Å²) >= 11 is 0. The summed E-state index contributed by atoms with van der Waals surface area (Å²) in [6.07, 6.45) is 2.41. The second-order valence-electron chi connectivity index (χ2n) is 4.64. The van der Waals surface area contributed by atoms with Gasteiger partial charge in [0.25, 0.3) is 0 Å². The van der Waals surface area contributed by atoms with Crippen molar-refractivity contribution in [2.24, 2.45) is 0 Å². The summed E-state index contributed by atoms with van der Waals surface area (Å²) in [5.41, 5.74) is 2.88. The topological polar surface area (TPSA) is 67.5 Å². The summed E-state index contributed by atoms with van der Waals surface area (Å²) in [5, 5.41) is 17.3. The number of carboxylic acid groups (broad SMARTS) is 1. The maximum Gasteiger partial charge on any atom is 0.339 e. The van der Waals surface area contributed by atoms with Crippen molar-refractivity contribution in [2.75, 3.05) is 0 Å². The summed E-state index contributed by atoms with van der Waals surface area (Å²) in [5.74, 6) is -0.261. The van der Waals surface area contributed by atoms with E-state index in [2.05, 4.69) is 10.2 Å². The Morgan fingerprint density at radius 1 is 1.20 bits per heavy atom. The molecule has 1 N–H and O–H groups in total. The van der Waals surface area contributed by atoms with Crippen LogP contribution in [-0.4, -0.2) is 25.7 Å². The number of aryl methyl sites for hydroxylation is 1. The molecule has 2 heterocycles. The number of carboxylic acids is 1. The predicted octanol–water partition coefficient (Wildman–Crippen LogP) is 2.33. The van der Waals surface area contributed by atoms with E-state index in [0.717, 1.165) is 11.4 Å². The van der Waals surface area contributed by atoms with Crippen molar-refractivity contribution in [2.45, 2.75) is 13.3 Å². The number of aromatic carboxylic acids is 1. The minimum atomic E-state index is -0.995. The molecule has 0 aliphatic heterocycles. The molecule has 3 rings (SSSR count). The normalized spacial score (nSPS) is 10.8. The third-order valence-electron chi connectivity index (χ3n) is 3.35. The van der Waals surface area contributed by atoms with Crippen LogP contribution in [0.15, 0.2) is 42.6 Å². The molecule has 0 radical (unpaired) electrons. The number of carbonyl (C=O) groups is 1. The minimum Gasteiger partial charge on any atom is -0.478 e. The van der Waals surface area contributed by atoms with Crippen LogP contribution in [0.5, 0.6) is 0 Å². The lowest BCUT2D eigenvalue weighted by Crippen LogP contribution is -2.02. The molecule has 1 aromatic carbocycles. The number of pyridine rings is 1. The average molecular weight is 267 g/mol. The smallest absolute Gasteiger partial charge is 0.339 e. The molecule has 0 spiro atoms. The van der Waals surface area contributed by atoms with Gasteiger partial charge in [-0.1, -0.05) is 24.3 Å². The summed E-state index contributed by atoms with van der Waals surface area (Å²) < 4.78 is 1.73. The van der Waals surface area contributed by atoms with Crippen LogP contribution in [0.3, 0.4) is 0 Å². The number of fused-ring (bicyclic) bond motifs is 1. The van der Waals surface area contributed by atoms with Crippen LogP contribution in [0.25, 0.3) is 5.65 Å². The molecule has 2 aromatic heterocycles. The molecule has 0 fully saturated rings.